The molecule has 2 saturated heterocycles. The number of carbonyl (C=O) groups excluding carboxylic acids is 1. The minimum Gasteiger partial charge on any atom is -0.376 e. The number of ether oxygens (including phenoxy) is 1. The van der Waals surface area contributed by atoms with Crippen LogP contribution in [-0.4, -0.2) is 56.0 Å². The van der Waals surface area contributed by atoms with Crippen LogP contribution in [0.25, 0.3) is 10.2 Å². The molecule has 10 heteroatoms. The normalized spacial score (nSPS) is 21.1. The molecule has 3 aromatic rings. The van der Waals surface area contributed by atoms with Crippen LogP contribution in [0.1, 0.15) is 51.0 Å². The molecular weight excluding hydrogens is 513 g/mol. The number of rotatable bonds is 7. The summed E-state index contributed by atoms with van der Waals surface area (Å²) in [4.78, 5) is 20.7. The second-order valence-electron chi connectivity index (χ2n) is 10.1. The van der Waals surface area contributed by atoms with Gasteiger partial charge in [-0.05, 0) is 67.5 Å². The summed E-state index contributed by atoms with van der Waals surface area (Å²) in [7, 11) is -3.84. The van der Waals surface area contributed by atoms with Gasteiger partial charge in [0, 0.05) is 19.7 Å². The van der Waals surface area contributed by atoms with Gasteiger partial charge < -0.3 is 4.74 Å². The number of halogens is 1. The maximum atomic E-state index is 14.0. The van der Waals surface area contributed by atoms with Crippen molar-refractivity contribution in [1.82, 2.24) is 9.29 Å². The van der Waals surface area contributed by atoms with Crippen molar-refractivity contribution >= 4 is 42.6 Å². The van der Waals surface area contributed by atoms with Gasteiger partial charge in [-0.2, -0.15) is 4.31 Å². The average Bonchev–Trinajstić information content (AvgIpc) is 3.56. The first-order valence-corrected chi connectivity index (χ1v) is 15.1. The lowest BCUT2D eigenvalue weighted by Crippen LogP contribution is -2.48. The molecule has 2 aliphatic heterocycles. The summed E-state index contributed by atoms with van der Waals surface area (Å²) in [5.41, 5.74) is 2.05. The Kier molecular flexibility index (Phi) is 7.63. The highest BCUT2D eigenvalue weighted by atomic mass is 32.2. The van der Waals surface area contributed by atoms with E-state index in [0.717, 1.165) is 40.8 Å². The third kappa shape index (κ3) is 5.43. The first-order valence-electron chi connectivity index (χ1n) is 12.8. The molecule has 1 amide bonds. The van der Waals surface area contributed by atoms with Gasteiger partial charge in [-0.25, -0.2) is 17.8 Å². The van der Waals surface area contributed by atoms with Crippen LogP contribution in [0.4, 0.5) is 9.52 Å². The van der Waals surface area contributed by atoms with Gasteiger partial charge in [0.15, 0.2) is 5.13 Å². The van der Waals surface area contributed by atoms with Crippen molar-refractivity contribution in [2.24, 2.45) is 5.92 Å². The van der Waals surface area contributed by atoms with E-state index in [2.05, 4.69) is 19.9 Å². The van der Waals surface area contributed by atoms with Crippen molar-refractivity contribution in [3.8, 4) is 0 Å². The van der Waals surface area contributed by atoms with E-state index in [1.54, 1.807) is 4.90 Å². The van der Waals surface area contributed by atoms with Crippen LogP contribution in [0.2, 0.25) is 0 Å². The zero-order chi connectivity index (χ0) is 26.2. The largest absolute Gasteiger partial charge is 0.376 e. The van der Waals surface area contributed by atoms with Gasteiger partial charge in [0.05, 0.1) is 33.7 Å². The molecule has 2 aromatic carbocycles. The first-order chi connectivity index (χ1) is 17.7. The van der Waals surface area contributed by atoms with E-state index in [9.17, 15) is 17.6 Å². The number of amides is 1. The summed E-state index contributed by atoms with van der Waals surface area (Å²) in [5, 5.41) is 0.627. The second kappa shape index (κ2) is 10.8. The lowest BCUT2D eigenvalue weighted by molar-refractivity contribution is -0.123. The number of benzene rings is 2. The highest BCUT2D eigenvalue weighted by Gasteiger charge is 2.37. The number of fused-ring (bicyclic) bond motifs is 1. The first kappa shape index (κ1) is 26.2. The summed E-state index contributed by atoms with van der Waals surface area (Å²) < 4.78 is 48.1. The van der Waals surface area contributed by atoms with Gasteiger partial charge in [0.1, 0.15) is 5.82 Å². The van der Waals surface area contributed by atoms with Crippen molar-refractivity contribution in [3.05, 3.63) is 53.8 Å². The molecule has 2 aliphatic rings. The van der Waals surface area contributed by atoms with Crippen LogP contribution in [0.3, 0.4) is 0 Å². The van der Waals surface area contributed by atoms with Gasteiger partial charge in [-0.3, -0.25) is 9.69 Å². The predicted molar refractivity (Wildman–Crippen MR) is 143 cm³/mol. The summed E-state index contributed by atoms with van der Waals surface area (Å²) in [6.07, 6.45) is 2.93. The van der Waals surface area contributed by atoms with Crippen molar-refractivity contribution in [3.63, 3.8) is 0 Å². The Bertz CT molecular complexity index is 1370. The molecule has 2 unspecified atom stereocenters. The molecule has 1 aromatic heterocycles. The van der Waals surface area contributed by atoms with Gasteiger partial charge in [0.2, 0.25) is 15.9 Å². The Labute approximate surface area is 221 Å². The number of carbonyl (C=O) groups is 1. The van der Waals surface area contributed by atoms with Crippen molar-refractivity contribution in [2.45, 2.75) is 56.4 Å². The fraction of sp³-hybridized carbons (Fsp3) is 0.481. The van der Waals surface area contributed by atoms with Crippen LogP contribution < -0.4 is 4.90 Å². The van der Waals surface area contributed by atoms with E-state index in [1.165, 1.54) is 27.8 Å². The van der Waals surface area contributed by atoms with Gasteiger partial charge in [-0.15, -0.1) is 0 Å². The van der Waals surface area contributed by atoms with E-state index in [4.69, 9.17) is 9.72 Å². The number of piperidine rings is 1. The van der Waals surface area contributed by atoms with Gasteiger partial charge >= 0.3 is 0 Å². The van der Waals surface area contributed by atoms with Gasteiger partial charge in [-0.1, -0.05) is 37.3 Å². The minimum absolute atomic E-state index is 0.0330. The van der Waals surface area contributed by atoms with Crippen LogP contribution in [-0.2, 0) is 19.6 Å². The zero-order valence-corrected chi connectivity index (χ0v) is 22.7. The molecule has 2 atom stereocenters. The molecule has 198 valence electrons. The molecule has 0 radical (unpaired) electrons. The highest BCUT2D eigenvalue weighted by Crippen LogP contribution is 2.36. The number of anilines is 1. The highest BCUT2D eigenvalue weighted by molar-refractivity contribution is 7.89. The smallest absolute Gasteiger partial charge is 0.243 e. The van der Waals surface area contributed by atoms with Crippen LogP contribution in [0.5, 0.6) is 0 Å². The zero-order valence-electron chi connectivity index (χ0n) is 21.1. The maximum Gasteiger partial charge on any atom is 0.243 e. The van der Waals surface area contributed by atoms with Crippen LogP contribution in [0, 0.1) is 11.7 Å². The number of para-hydroxylation sites is 1. The molecule has 7 nitrogen and oxygen atoms in total. The lowest BCUT2D eigenvalue weighted by Gasteiger charge is -2.34. The predicted octanol–water partition coefficient (Wildman–Crippen LogP) is 5.17. The number of thiazole rings is 1. The fourth-order valence-electron chi connectivity index (χ4n) is 5.13. The van der Waals surface area contributed by atoms with Crippen LogP contribution >= 0.6 is 11.3 Å². The topological polar surface area (TPSA) is 79.8 Å². The van der Waals surface area contributed by atoms with E-state index < -0.39 is 21.8 Å². The van der Waals surface area contributed by atoms with E-state index in [0.29, 0.717) is 43.6 Å². The maximum absolute atomic E-state index is 14.0. The molecule has 0 saturated carbocycles. The van der Waals surface area contributed by atoms with Crippen molar-refractivity contribution in [2.75, 3.05) is 31.1 Å². The van der Waals surface area contributed by atoms with E-state index in [-0.39, 0.29) is 23.5 Å². The Hall–Kier alpha value is -2.40. The second-order valence-corrected chi connectivity index (χ2v) is 13.0. The molecular formula is C27H32FN3O4S2. The summed E-state index contributed by atoms with van der Waals surface area (Å²) in [6, 6.07) is 10.9. The Morgan fingerprint density at radius 2 is 1.97 bits per heavy atom. The Balaban J connectivity index is 1.44. The fourth-order valence-corrected chi connectivity index (χ4v) is 7.67. The Morgan fingerprint density at radius 1 is 1.19 bits per heavy atom. The molecule has 5 rings (SSSR count). The number of sulfonamides is 1. The van der Waals surface area contributed by atoms with Crippen LogP contribution in [0.15, 0.2) is 47.4 Å². The van der Waals surface area contributed by atoms with E-state index >= 15 is 0 Å². The molecule has 0 spiro atoms. The standard InChI is InChI=1S/C27H32FN3O4S2/c1-18(2)23-8-3-9-24-25(23)29-27(36-24)31(17-21-7-5-15-35-21)26(32)19-6-4-14-30(16-19)37(33,34)22-12-10-20(28)11-13-22/h3,8-13,18-19,21H,4-7,14-17H2,1-2H3. The third-order valence-electron chi connectivity index (χ3n) is 7.15. The third-order valence-corrected chi connectivity index (χ3v) is 10.1. The van der Waals surface area contributed by atoms with E-state index in [1.807, 2.05) is 12.1 Å². The number of aromatic nitrogens is 1. The number of nitrogens with zero attached hydrogens (tertiary/aromatic N) is 3. The molecule has 0 aliphatic carbocycles. The summed E-state index contributed by atoms with van der Waals surface area (Å²) in [5.74, 6) is -0.821. The molecule has 3 heterocycles. The monoisotopic (exact) mass is 545 g/mol. The number of hydrogen-bond donors (Lipinski definition) is 0. The quantitative estimate of drug-likeness (QED) is 0.409. The summed E-state index contributed by atoms with van der Waals surface area (Å²) >= 11 is 1.49. The SMILES string of the molecule is CC(C)c1cccc2sc(N(CC3CCCO3)C(=O)C3CCCN(S(=O)(=O)c4ccc(F)cc4)C3)nc12. The number of hydrogen-bond acceptors (Lipinski definition) is 6. The molecule has 2 fully saturated rings. The van der Waals surface area contributed by atoms with Crippen molar-refractivity contribution in [1.29, 1.82) is 0 Å². The van der Waals surface area contributed by atoms with Gasteiger partial charge in [0.25, 0.3) is 0 Å². The molecule has 0 N–H and O–H groups in total. The molecule has 0 bridgehead atoms. The lowest BCUT2D eigenvalue weighted by atomic mass is 9.98. The Morgan fingerprint density at radius 3 is 2.68 bits per heavy atom. The molecule has 37 heavy (non-hydrogen) atoms. The van der Waals surface area contributed by atoms with Crippen molar-refractivity contribution < 1.29 is 22.3 Å². The minimum atomic E-state index is -3.84. The average molecular weight is 546 g/mol. The summed E-state index contributed by atoms with van der Waals surface area (Å²) in [6.45, 7) is 5.74.